The molecule has 0 unspecified atom stereocenters. The molecule has 1 amide bonds. The van der Waals surface area contributed by atoms with Crippen LogP contribution in [-0.2, 0) is 4.79 Å². The molecule has 128 valence electrons. The molecule has 2 aromatic rings. The van der Waals surface area contributed by atoms with Crippen LogP contribution < -0.4 is 19.5 Å². The van der Waals surface area contributed by atoms with Gasteiger partial charge in [-0.05, 0) is 50.2 Å². The van der Waals surface area contributed by atoms with Gasteiger partial charge < -0.3 is 19.5 Å². The Kier molecular flexibility index (Phi) is 6.49. The molecule has 5 nitrogen and oxygen atoms in total. The fourth-order valence-corrected chi connectivity index (χ4v) is 2.03. The van der Waals surface area contributed by atoms with Crippen LogP contribution in [0.5, 0.6) is 17.2 Å². The Bertz CT molecular complexity index is 637. The fraction of sp³-hybridized carbons (Fsp3) is 0.316. The Balaban J connectivity index is 1.69. The summed E-state index contributed by atoms with van der Waals surface area (Å²) in [5, 5.41) is 2.84. The zero-order chi connectivity index (χ0) is 17.4. The third-order valence-corrected chi connectivity index (χ3v) is 3.36. The number of rotatable bonds is 8. The van der Waals surface area contributed by atoms with Crippen LogP contribution in [0.15, 0.2) is 48.5 Å². The highest BCUT2D eigenvalue weighted by Gasteiger charge is 2.09. The van der Waals surface area contributed by atoms with Crippen LogP contribution in [0.1, 0.15) is 12.5 Å². The topological polar surface area (TPSA) is 56.8 Å². The first-order valence-corrected chi connectivity index (χ1v) is 7.82. The Morgan fingerprint density at radius 2 is 1.50 bits per heavy atom. The summed E-state index contributed by atoms with van der Waals surface area (Å²) >= 11 is 0. The third-order valence-electron chi connectivity index (χ3n) is 3.36. The van der Waals surface area contributed by atoms with Crippen LogP contribution >= 0.6 is 0 Å². The SMILES string of the molecule is COc1ccc(OCC(=O)N[C@H](C)COc2ccc(C)cc2)cc1. The normalized spacial score (nSPS) is 11.5. The van der Waals surface area contributed by atoms with E-state index < -0.39 is 0 Å². The highest BCUT2D eigenvalue weighted by molar-refractivity contribution is 5.77. The number of amides is 1. The highest BCUT2D eigenvalue weighted by atomic mass is 16.5. The molecular formula is C19H23NO4. The van der Waals surface area contributed by atoms with E-state index in [1.54, 1.807) is 31.4 Å². The van der Waals surface area contributed by atoms with E-state index in [-0.39, 0.29) is 18.6 Å². The van der Waals surface area contributed by atoms with Crippen molar-refractivity contribution < 1.29 is 19.0 Å². The summed E-state index contributed by atoms with van der Waals surface area (Å²) in [7, 11) is 1.60. The summed E-state index contributed by atoms with van der Waals surface area (Å²) in [6.45, 7) is 4.27. The Morgan fingerprint density at radius 3 is 2.12 bits per heavy atom. The number of carbonyl (C=O) groups excluding carboxylic acids is 1. The highest BCUT2D eigenvalue weighted by Crippen LogP contribution is 2.16. The second-order valence-corrected chi connectivity index (χ2v) is 5.56. The van der Waals surface area contributed by atoms with Crippen LogP contribution in [0, 0.1) is 6.92 Å². The van der Waals surface area contributed by atoms with Crippen LogP contribution in [0.2, 0.25) is 0 Å². The lowest BCUT2D eigenvalue weighted by Gasteiger charge is -2.15. The van der Waals surface area contributed by atoms with Crippen LogP contribution in [-0.4, -0.2) is 32.3 Å². The first kappa shape index (κ1) is 17.7. The number of benzene rings is 2. The zero-order valence-electron chi connectivity index (χ0n) is 14.2. The van der Waals surface area contributed by atoms with E-state index >= 15 is 0 Å². The molecule has 1 atom stereocenters. The average Bonchev–Trinajstić information content (AvgIpc) is 2.60. The summed E-state index contributed by atoms with van der Waals surface area (Å²) < 4.78 is 16.1. The molecule has 5 heteroatoms. The Labute approximate surface area is 142 Å². The molecule has 0 saturated carbocycles. The molecule has 24 heavy (non-hydrogen) atoms. The lowest BCUT2D eigenvalue weighted by molar-refractivity contribution is -0.123. The summed E-state index contributed by atoms with van der Waals surface area (Å²) in [6.07, 6.45) is 0. The predicted molar refractivity (Wildman–Crippen MR) is 92.8 cm³/mol. The molecule has 0 aliphatic heterocycles. The fourth-order valence-electron chi connectivity index (χ4n) is 2.03. The molecule has 0 spiro atoms. The maximum Gasteiger partial charge on any atom is 0.258 e. The number of hydrogen-bond acceptors (Lipinski definition) is 4. The smallest absolute Gasteiger partial charge is 0.258 e. The summed E-state index contributed by atoms with van der Waals surface area (Å²) in [4.78, 5) is 11.9. The first-order chi connectivity index (χ1) is 11.6. The number of methoxy groups -OCH3 is 1. The number of ether oxygens (including phenoxy) is 3. The molecule has 0 aliphatic rings. The van der Waals surface area contributed by atoms with Crippen LogP contribution in [0.25, 0.3) is 0 Å². The van der Waals surface area contributed by atoms with Gasteiger partial charge in [-0.3, -0.25) is 4.79 Å². The molecular weight excluding hydrogens is 306 g/mol. The predicted octanol–water partition coefficient (Wildman–Crippen LogP) is 2.97. The second-order valence-electron chi connectivity index (χ2n) is 5.56. The maximum atomic E-state index is 11.9. The van der Waals surface area contributed by atoms with E-state index in [1.165, 1.54) is 5.56 Å². The van der Waals surface area contributed by atoms with Crippen molar-refractivity contribution in [1.29, 1.82) is 0 Å². The van der Waals surface area contributed by atoms with Crippen LogP contribution in [0.3, 0.4) is 0 Å². The van der Waals surface area contributed by atoms with Crippen molar-refractivity contribution in [2.24, 2.45) is 0 Å². The van der Waals surface area contributed by atoms with Gasteiger partial charge in [-0.2, -0.15) is 0 Å². The molecule has 0 bridgehead atoms. The van der Waals surface area contributed by atoms with Gasteiger partial charge in [0.1, 0.15) is 23.9 Å². The van der Waals surface area contributed by atoms with Crippen molar-refractivity contribution in [3.63, 3.8) is 0 Å². The molecule has 0 aromatic heterocycles. The van der Waals surface area contributed by atoms with Gasteiger partial charge >= 0.3 is 0 Å². The minimum Gasteiger partial charge on any atom is -0.497 e. The molecule has 0 heterocycles. The van der Waals surface area contributed by atoms with Gasteiger partial charge in [0.15, 0.2) is 6.61 Å². The number of nitrogens with one attached hydrogen (secondary N) is 1. The van der Waals surface area contributed by atoms with E-state index in [0.717, 1.165) is 11.5 Å². The van der Waals surface area contributed by atoms with Crippen molar-refractivity contribution in [3.8, 4) is 17.2 Å². The summed E-state index contributed by atoms with van der Waals surface area (Å²) in [5.41, 5.74) is 1.18. The van der Waals surface area contributed by atoms with E-state index in [0.29, 0.717) is 12.4 Å². The molecule has 0 fully saturated rings. The molecule has 0 radical (unpaired) electrons. The maximum absolute atomic E-state index is 11.9. The van der Waals surface area contributed by atoms with Gasteiger partial charge in [0.2, 0.25) is 0 Å². The standard InChI is InChI=1S/C19H23NO4/c1-14-4-6-17(7-5-14)23-12-15(2)20-19(21)13-24-18-10-8-16(22-3)9-11-18/h4-11,15H,12-13H2,1-3H3,(H,20,21)/t15-/m1/s1. The zero-order valence-corrected chi connectivity index (χ0v) is 14.2. The minimum absolute atomic E-state index is 0.0405. The molecule has 0 saturated heterocycles. The van der Waals surface area contributed by atoms with E-state index in [2.05, 4.69) is 5.32 Å². The van der Waals surface area contributed by atoms with Crippen molar-refractivity contribution in [3.05, 3.63) is 54.1 Å². The summed E-state index contributed by atoms with van der Waals surface area (Å²) in [6, 6.07) is 14.8. The number of hydrogen-bond donors (Lipinski definition) is 1. The first-order valence-electron chi connectivity index (χ1n) is 7.82. The van der Waals surface area contributed by atoms with Crippen molar-refractivity contribution in [2.75, 3.05) is 20.3 Å². The van der Waals surface area contributed by atoms with Gasteiger partial charge in [0, 0.05) is 0 Å². The molecule has 0 aliphatic carbocycles. The van der Waals surface area contributed by atoms with E-state index in [1.807, 2.05) is 38.1 Å². The third kappa shape index (κ3) is 5.83. The molecule has 2 rings (SSSR count). The minimum atomic E-state index is -0.189. The van der Waals surface area contributed by atoms with Crippen LogP contribution in [0.4, 0.5) is 0 Å². The van der Waals surface area contributed by atoms with Gasteiger partial charge in [0.25, 0.3) is 5.91 Å². The van der Waals surface area contributed by atoms with Crippen molar-refractivity contribution >= 4 is 5.91 Å². The molecule has 2 aromatic carbocycles. The van der Waals surface area contributed by atoms with Crippen molar-refractivity contribution in [1.82, 2.24) is 5.32 Å². The quantitative estimate of drug-likeness (QED) is 0.809. The lowest BCUT2D eigenvalue weighted by atomic mass is 10.2. The van der Waals surface area contributed by atoms with E-state index in [9.17, 15) is 4.79 Å². The second kappa shape index (κ2) is 8.82. The number of carbonyl (C=O) groups is 1. The van der Waals surface area contributed by atoms with Crippen molar-refractivity contribution in [2.45, 2.75) is 19.9 Å². The average molecular weight is 329 g/mol. The van der Waals surface area contributed by atoms with Gasteiger partial charge in [-0.15, -0.1) is 0 Å². The van der Waals surface area contributed by atoms with Gasteiger partial charge in [-0.25, -0.2) is 0 Å². The number of aryl methyl sites for hydroxylation is 1. The Morgan fingerprint density at radius 1 is 0.958 bits per heavy atom. The van der Waals surface area contributed by atoms with Gasteiger partial charge in [-0.1, -0.05) is 17.7 Å². The Hall–Kier alpha value is -2.69. The monoisotopic (exact) mass is 329 g/mol. The molecule has 1 N–H and O–H groups in total. The van der Waals surface area contributed by atoms with Gasteiger partial charge in [0.05, 0.1) is 13.2 Å². The largest absolute Gasteiger partial charge is 0.497 e. The lowest BCUT2D eigenvalue weighted by Crippen LogP contribution is -2.39. The summed E-state index contributed by atoms with van der Waals surface area (Å²) in [5.74, 6) is 1.96. The van der Waals surface area contributed by atoms with E-state index in [4.69, 9.17) is 14.2 Å².